The molecule has 3 rings (SSSR count). The summed E-state index contributed by atoms with van der Waals surface area (Å²) in [5.41, 5.74) is 3.88. The lowest BCUT2D eigenvalue weighted by Crippen LogP contribution is -2.41. The number of rotatable bonds is 2. The van der Waals surface area contributed by atoms with E-state index in [1.54, 1.807) is 0 Å². The van der Waals surface area contributed by atoms with Crippen LogP contribution < -0.4 is 4.90 Å². The molecule has 1 aliphatic rings. The van der Waals surface area contributed by atoms with Crippen LogP contribution in [0.3, 0.4) is 0 Å². The normalized spacial score (nSPS) is 17.1. The third kappa shape index (κ3) is 2.94. The van der Waals surface area contributed by atoms with Crippen LogP contribution in [0.25, 0.3) is 0 Å². The molecule has 0 amide bonds. The van der Waals surface area contributed by atoms with Gasteiger partial charge in [0.05, 0.1) is 19.4 Å². The molecule has 0 radical (unpaired) electrons. The van der Waals surface area contributed by atoms with Crippen molar-refractivity contribution in [3.8, 4) is 0 Å². The molecule has 0 aromatic heterocycles. The lowest BCUT2D eigenvalue weighted by atomic mass is 10.0. The Labute approximate surface area is 140 Å². The first-order valence-corrected chi connectivity index (χ1v) is 7.74. The largest absolute Gasteiger partial charge is 0.483 e. The fourth-order valence-corrected chi connectivity index (χ4v) is 2.97. The van der Waals surface area contributed by atoms with Gasteiger partial charge in [-0.15, -0.1) is 0 Å². The number of nitrogens with one attached hydrogen (secondary N) is 1. The number of benzodiazepines with no additional fused rings is 1. The summed E-state index contributed by atoms with van der Waals surface area (Å²) in [5, 5.41) is 8.72. The molecule has 0 aliphatic carbocycles. The molecule has 2 aromatic carbocycles. The number of nitrogens with zero attached hydrogens (tertiary/aromatic N) is 2. The maximum Gasteiger partial charge on any atom is 0.205 e. The van der Waals surface area contributed by atoms with Gasteiger partial charge in [-0.1, -0.05) is 41.9 Å². The number of ether oxygens (including phenoxy) is 1. The lowest BCUT2D eigenvalue weighted by molar-refractivity contribution is 0.376. The summed E-state index contributed by atoms with van der Waals surface area (Å²) < 4.78 is 5.14. The first-order chi connectivity index (χ1) is 11.1. The number of hydrogen-bond donors (Lipinski definition) is 1. The Morgan fingerprint density at radius 3 is 2.70 bits per heavy atom. The smallest absolute Gasteiger partial charge is 0.205 e. The standard InChI is InChI=1S/C18H18ClN3O/c1-22-15-9-8-13(19)10-14(15)17(12-6-4-3-5-7-12)21-11-16(22)18(20)23-2/h3-10,16,20H,11H2,1-2H3. The highest BCUT2D eigenvalue weighted by Gasteiger charge is 2.27. The first-order valence-electron chi connectivity index (χ1n) is 7.37. The zero-order valence-electron chi connectivity index (χ0n) is 13.1. The fourth-order valence-electron chi connectivity index (χ4n) is 2.80. The first kappa shape index (κ1) is 15.6. The molecule has 0 spiro atoms. The zero-order valence-corrected chi connectivity index (χ0v) is 13.8. The van der Waals surface area contributed by atoms with Crippen molar-refractivity contribution in [2.45, 2.75) is 6.04 Å². The minimum Gasteiger partial charge on any atom is -0.483 e. The number of hydrogen-bond acceptors (Lipinski definition) is 4. The minimum atomic E-state index is -0.235. The van der Waals surface area contributed by atoms with Crippen molar-refractivity contribution in [3.63, 3.8) is 0 Å². The number of anilines is 1. The molecule has 23 heavy (non-hydrogen) atoms. The van der Waals surface area contributed by atoms with E-state index in [1.807, 2.05) is 60.5 Å². The van der Waals surface area contributed by atoms with Gasteiger partial charge in [0, 0.05) is 28.9 Å². The Hall–Kier alpha value is -2.33. The quantitative estimate of drug-likeness (QED) is 0.676. The van der Waals surface area contributed by atoms with E-state index in [4.69, 9.17) is 26.7 Å². The summed E-state index contributed by atoms with van der Waals surface area (Å²) in [6.07, 6.45) is 0. The van der Waals surface area contributed by atoms with Gasteiger partial charge in [-0.3, -0.25) is 10.4 Å². The highest BCUT2D eigenvalue weighted by Crippen LogP contribution is 2.30. The number of fused-ring (bicyclic) bond motifs is 1. The number of halogens is 1. The van der Waals surface area contributed by atoms with Crippen molar-refractivity contribution in [2.24, 2.45) is 4.99 Å². The van der Waals surface area contributed by atoms with Gasteiger partial charge in [0.2, 0.25) is 5.90 Å². The van der Waals surface area contributed by atoms with Gasteiger partial charge in [0.15, 0.2) is 0 Å². The second kappa shape index (κ2) is 6.42. The third-order valence-corrected chi connectivity index (χ3v) is 4.29. The summed E-state index contributed by atoms with van der Waals surface area (Å²) in [4.78, 5) is 6.80. The molecule has 1 unspecified atom stereocenters. The van der Waals surface area contributed by atoms with Crippen molar-refractivity contribution < 1.29 is 4.74 Å². The van der Waals surface area contributed by atoms with E-state index in [-0.39, 0.29) is 11.9 Å². The van der Waals surface area contributed by atoms with Gasteiger partial charge in [-0.2, -0.15) is 0 Å². The van der Waals surface area contributed by atoms with E-state index in [9.17, 15) is 0 Å². The number of aliphatic imine (C=N–C) groups is 1. The molecule has 0 saturated carbocycles. The van der Waals surface area contributed by atoms with Crippen LogP contribution in [0.5, 0.6) is 0 Å². The maximum absolute atomic E-state index is 8.05. The van der Waals surface area contributed by atoms with Crippen LogP contribution in [0.2, 0.25) is 5.02 Å². The second-order valence-corrected chi connectivity index (χ2v) is 5.85. The Morgan fingerprint density at radius 2 is 2.00 bits per heavy atom. The monoisotopic (exact) mass is 327 g/mol. The van der Waals surface area contributed by atoms with E-state index in [0.29, 0.717) is 11.6 Å². The average molecular weight is 328 g/mol. The van der Waals surface area contributed by atoms with Crippen LogP contribution in [-0.4, -0.2) is 38.4 Å². The zero-order chi connectivity index (χ0) is 16.4. The van der Waals surface area contributed by atoms with Crippen molar-refractivity contribution in [3.05, 3.63) is 64.7 Å². The molecule has 2 aromatic rings. The van der Waals surface area contributed by atoms with E-state index < -0.39 is 0 Å². The maximum atomic E-state index is 8.05. The minimum absolute atomic E-state index is 0.200. The van der Waals surface area contributed by atoms with E-state index in [1.165, 1.54) is 7.11 Å². The molecule has 5 heteroatoms. The highest BCUT2D eigenvalue weighted by atomic mass is 35.5. The Morgan fingerprint density at radius 1 is 1.26 bits per heavy atom. The molecule has 1 heterocycles. The third-order valence-electron chi connectivity index (χ3n) is 4.05. The summed E-state index contributed by atoms with van der Waals surface area (Å²) in [6, 6.07) is 15.6. The number of likely N-dealkylation sites (N-methyl/N-ethyl adjacent to an activating group) is 1. The van der Waals surface area contributed by atoms with Crippen LogP contribution in [0.4, 0.5) is 5.69 Å². The molecular weight excluding hydrogens is 310 g/mol. The SMILES string of the molecule is COC(=N)C1CN=C(c2ccccc2)c2cc(Cl)ccc2N1C. The molecule has 4 nitrogen and oxygen atoms in total. The van der Waals surface area contributed by atoms with Crippen molar-refractivity contribution in [1.29, 1.82) is 5.41 Å². The number of benzene rings is 2. The van der Waals surface area contributed by atoms with Crippen LogP contribution in [0, 0.1) is 5.41 Å². The molecule has 0 bridgehead atoms. The summed E-state index contributed by atoms with van der Waals surface area (Å²) >= 11 is 6.22. The van der Waals surface area contributed by atoms with Crippen LogP contribution in [-0.2, 0) is 4.74 Å². The van der Waals surface area contributed by atoms with Gasteiger partial charge >= 0.3 is 0 Å². The van der Waals surface area contributed by atoms with E-state index in [2.05, 4.69) is 0 Å². The molecular formula is C18H18ClN3O. The van der Waals surface area contributed by atoms with E-state index in [0.717, 1.165) is 22.5 Å². The van der Waals surface area contributed by atoms with Gasteiger partial charge in [0.1, 0.15) is 6.04 Å². The van der Waals surface area contributed by atoms with Gasteiger partial charge < -0.3 is 9.64 Å². The van der Waals surface area contributed by atoms with E-state index >= 15 is 0 Å². The van der Waals surface area contributed by atoms with Gasteiger partial charge in [-0.25, -0.2) is 0 Å². The summed E-state index contributed by atoms with van der Waals surface area (Å²) in [5.74, 6) is 0.200. The van der Waals surface area contributed by atoms with Crippen molar-refractivity contribution >= 4 is 28.9 Å². The topological polar surface area (TPSA) is 48.7 Å². The highest BCUT2D eigenvalue weighted by molar-refractivity contribution is 6.31. The summed E-state index contributed by atoms with van der Waals surface area (Å²) in [6.45, 7) is 0.458. The lowest BCUT2D eigenvalue weighted by Gasteiger charge is -2.28. The second-order valence-electron chi connectivity index (χ2n) is 5.41. The summed E-state index contributed by atoms with van der Waals surface area (Å²) in [7, 11) is 3.47. The Balaban J connectivity index is 2.17. The van der Waals surface area contributed by atoms with Gasteiger partial charge in [0.25, 0.3) is 0 Å². The van der Waals surface area contributed by atoms with Crippen molar-refractivity contribution in [2.75, 3.05) is 25.6 Å². The molecule has 1 N–H and O–H groups in total. The number of methoxy groups -OCH3 is 1. The molecule has 0 saturated heterocycles. The van der Waals surface area contributed by atoms with Crippen LogP contribution in [0.15, 0.2) is 53.5 Å². The fraction of sp³-hybridized carbons (Fsp3) is 0.222. The predicted molar refractivity (Wildman–Crippen MR) is 95.3 cm³/mol. The Bertz CT molecular complexity index is 758. The molecule has 1 aliphatic heterocycles. The predicted octanol–water partition coefficient (Wildman–Crippen LogP) is 3.62. The van der Waals surface area contributed by atoms with Gasteiger partial charge in [-0.05, 0) is 18.2 Å². The van der Waals surface area contributed by atoms with Crippen LogP contribution in [0.1, 0.15) is 11.1 Å². The molecule has 0 fully saturated rings. The molecule has 1 atom stereocenters. The van der Waals surface area contributed by atoms with Crippen LogP contribution >= 0.6 is 11.6 Å². The van der Waals surface area contributed by atoms with Crippen molar-refractivity contribution in [1.82, 2.24) is 0 Å². The Kier molecular flexibility index (Phi) is 4.35. The molecule has 118 valence electrons. The average Bonchev–Trinajstić information content (AvgIpc) is 2.71.